The molecule has 0 aromatic heterocycles. The molecule has 2 N–H and O–H groups in total. The molecule has 3 rings (SSSR count). The normalized spacial score (nSPS) is 14.3. The second kappa shape index (κ2) is 7.75. The number of carbonyl (C=O) groups excluding carboxylic acids is 2. The molecular weight excluding hydrogens is 348 g/mol. The van der Waals surface area contributed by atoms with E-state index in [0.29, 0.717) is 28.4 Å². The number of halogens is 1. The van der Waals surface area contributed by atoms with Gasteiger partial charge in [0.1, 0.15) is 0 Å². The van der Waals surface area contributed by atoms with Gasteiger partial charge in [0.2, 0.25) is 0 Å². The average Bonchev–Trinajstić information content (AvgIpc) is 2.62. The van der Waals surface area contributed by atoms with Crippen LogP contribution in [0.3, 0.4) is 0 Å². The molecule has 1 aliphatic rings. The van der Waals surface area contributed by atoms with Gasteiger partial charge in [0.05, 0.1) is 10.7 Å². The van der Waals surface area contributed by atoms with Crippen molar-refractivity contribution in [3.8, 4) is 0 Å². The fourth-order valence-electron chi connectivity index (χ4n) is 3.01. The topological polar surface area (TPSA) is 58.2 Å². The van der Waals surface area contributed by atoms with Gasteiger partial charge in [0.25, 0.3) is 5.91 Å². The van der Waals surface area contributed by atoms with Gasteiger partial charge in [-0.05, 0) is 56.5 Å². The fraction of sp³-hybridized carbons (Fsp3) is 0.238. The number of rotatable bonds is 4. The van der Waals surface area contributed by atoms with Gasteiger partial charge in [-0.15, -0.1) is 0 Å². The van der Waals surface area contributed by atoms with Crippen molar-refractivity contribution < 1.29 is 9.59 Å². The minimum absolute atomic E-state index is 0.166. The maximum absolute atomic E-state index is 12.5. The van der Waals surface area contributed by atoms with Gasteiger partial charge in [-0.25, -0.2) is 0 Å². The molecule has 0 spiro atoms. The van der Waals surface area contributed by atoms with E-state index >= 15 is 0 Å². The Morgan fingerprint density at radius 3 is 2.62 bits per heavy atom. The third kappa shape index (κ3) is 3.97. The van der Waals surface area contributed by atoms with E-state index in [1.54, 1.807) is 24.3 Å². The summed E-state index contributed by atoms with van der Waals surface area (Å²) < 4.78 is 0. The van der Waals surface area contributed by atoms with Crippen LogP contribution in [0.1, 0.15) is 42.1 Å². The van der Waals surface area contributed by atoms with Crippen LogP contribution >= 0.6 is 11.6 Å². The number of ketones is 1. The van der Waals surface area contributed by atoms with Crippen LogP contribution in [0.15, 0.2) is 53.7 Å². The molecule has 1 amide bonds. The van der Waals surface area contributed by atoms with E-state index in [9.17, 15) is 9.59 Å². The highest BCUT2D eigenvalue weighted by Crippen LogP contribution is 2.30. The quantitative estimate of drug-likeness (QED) is 0.765. The molecule has 134 valence electrons. The molecule has 0 saturated carbocycles. The van der Waals surface area contributed by atoms with Crippen molar-refractivity contribution >= 4 is 34.7 Å². The Kier molecular flexibility index (Phi) is 5.43. The highest BCUT2D eigenvalue weighted by Gasteiger charge is 2.18. The third-order valence-corrected chi connectivity index (χ3v) is 4.93. The van der Waals surface area contributed by atoms with Crippen molar-refractivity contribution in [1.82, 2.24) is 0 Å². The molecule has 0 atom stereocenters. The predicted molar refractivity (Wildman–Crippen MR) is 106 cm³/mol. The van der Waals surface area contributed by atoms with Gasteiger partial charge in [0, 0.05) is 28.9 Å². The van der Waals surface area contributed by atoms with Crippen LogP contribution in [0, 0.1) is 6.92 Å². The summed E-state index contributed by atoms with van der Waals surface area (Å²) in [5.41, 5.74) is 4.52. The van der Waals surface area contributed by atoms with Crippen LogP contribution < -0.4 is 10.6 Å². The first kappa shape index (κ1) is 18.2. The van der Waals surface area contributed by atoms with E-state index in [0.717, 1.165) is 29.7 Å². The minimum atomic E-state index is -0.167. The SMILES string of the molecule is CC1=C(Nc2cc(NC(=O)c3ccccc3C)ccc2Cl)CCCC1=O. The van der Waals surface area contributed by atoms with E-state index in [-0.39, 0.29) is 11.7 Å². The number of anilines is 2. The first-order valence-corrected chi connectivity index (χ1v) is 9.00. The lowest BCUT2D eigenvalue weighted by Crippen LogP contribution is -2.15. The van der Waals surface area contributed by atoms with Crippen molar-refractivity contribution in [2.24, 2.45) is 0 Å². The smallest absolute Gasteiger partial charge is 0.255 e. The lowest BCUT2D eigenvalue weighted by Gasteiger charge is -2.20. The Labute approximate surface area is 158 Å². The van der Waals surface area contributed by atoms with E-state index in [1.165, 1.54) is 0 Å². The maximum atomic E-state index is 12.5. The largest absolute Gasteiger partial charge is 0.357 e. The molecule has 4 nitrogen and oxygen atoms in total. The molecule has 0 heterocycles. The first-order valence-electron chi connectivity index (χ1n) is 8.62. The monoisotopic (exact) mass is 368 g/mol. The van der Waals surface area contributed by atoms with E-state index in [2.05, 4.69) is 10.6 Å². The molecule has 0 aliphatic heterocycles. The standard InChI is InChI=1S/C21H21ClN2O2/c1-13-6-3-4-7-16(13)21(26)23-15-10-11-17(22)19(12-15)24-18-8-5-9-20(25)14(18)2/h3-4,6-7,10-12,24H,5,8-9H2,1-2H3,(H,23,26). The molecule has 0 bridgehead atoms. The van der Waals surface area contributed by atoms with Gasteiger partial charge in [-0.3, -0.25) is 9.59 Å². The lowest BCUT2D eigenvalue weighted by atomic mass is 9.96. The van der Waals surface area contributed by atoms with Crippen LogP contribution in [0.2, 0.25) is 5.02 Å². The van der Waals surface area contributed by atoms with Gasteiger partial charge >= 0.3 is 0 Å². The lowest BCUT2D eigenvalue weighted by molar-refractivity contribution is -0.116. The Balaban J connectivity index is 1.82. The molecule has 26 heavy (non-hydrogen) atoms. The number of aryl methyl sites for hydroxylation is 1. The highest BCUT2D eigenvalue weighted by molar-refractivity contribution is 6.33. The number of hydrogen-bond donors (Lipinski definition) is 2. The Morgan fingerprint density at radius 2 is 1.85 bits per heavy atom. The van der Waals surface area contributed by atoms with Crippen LogP contribution in [0.4, 0.5) is 11.4 Å². The van der Waals surface area contributed by atoms with Crippen molar-refractivity contribution in [1.29, 1.82) is 0 Å². The summed E-state index contributed by atoms with van der Waals surface area (Å²) in [4.78, 5) is 24.4. The number of benzene rings is 2. The molecule has 0 fully saturated rings. The maximum Gasteiger partial charge on any atom is 0.255 e. The first-order chi connectivity index (χ1) is 12.5. The predicted octanol–water partition coefficient (Wildman–Crippen LogP) is 5.34. The zero-order valence-corrected chi connectivity index (χ0v) is 15.6. The number of amides is 1. The zero-order chi connectivity index (χ0) is 18.7. The summed E-state index contributed by atoms with van der Waals surface area (Å²) in [5, 5.41) is 6.71. The molecule has 5 heteroatoms. The summed E-state index contributed by atoms with van der Waals surface area (Å²) in [6, 6.07) is 12.7. The summed E-state index contributed by atoms with van der Waals surface area (Å²) in [6.45, 7) is 3.74. The molecule has 0 radical (unpaired) electrons. The summed E-state index contributed by atoms with van der Waals surface area (Å²) in [5.74, 6) is -0.00139. The van der Waals surface area contributed by atoms with Crippen molar-refractivity contribution in [3.63, 3.8) is 0 Å². The molecule has 2 aromatic carbocycles. The van der Waals surface area contributed by atoms with Crippen LogP contribution in [0.25, 0.3) is 0 Å². The number of Topliss-reactive ketones (excluding diaryl/α,β-unsaturated/α-hetero) is 1. The Morgan fingerprint density at radius 1 is 1.08 bits per heavy atom. The van der Waals surface area contributed by atoms with Gasteiger partial charge in [0.15, 0.2) is 5.78 Å². The molecule has 1 aliphatic carbocycles. The van der Waals surface area contributed by atoms with Crippen LogP contribution in [0.5, 0.6) is 0 Å². The Bertz CT molecular complexity index is 903. The fourth-order valence-corrected chi connectivity index (χ4v) is 3.18. The summed E-state index contributed by atoms with van der Waals surface area (Å²) in [6.07, 6.45) is 2.24. The van der Waals surface area contributed by atoms with Gasteiger partial charge in [-0.2, -0.15) is 0 Å². The highest BCUT2D eigenvalue weighted by atomic mass is 35.5. The number of hydrogen-bond acceptors (Lipinski definition) is 3. The Hall–Kier alpha value is -2.59. The van der Waals surface area contributed by atoms with E-state index in [1.807, 2.05) is 32.0 Å². The summed E-state index contributed by atoms with van der Waals surface area (Å²) >= 11 is 6.30. The minimum Gasteiger partial charge on any atom is -0.357 e. The number of nitrogens with one attached hydrogen (secondary N) is 2. The van der Waals surface area contributed by atoms with Gasteiger partial charge in [-0.1, -0.05) is 29.8 Å². The number of carbonyl (C=O) groups is 2. The second-order valence-corrected chi connectivity index (χ2v) is 6.88. The van der Waals surface area contributed by atoms with Crippen molar-refractivity contribution in [3.05, 3.63) is 69.9 Å². The van der Waals surface area contributed by atoms with Crippen molar-refractivity contribution in [2.75, 3.05) is 10.6 Å². The second-order valence-electron chi connectivity index (χ2n) is 6.47. The molecule has 2 aromatic rings. The molecular formula is C21H21ClN2O2. The average molecular weight is 369 g/mol. The van der Waals surface area contributed by atoms with Crippen LogP contribution in [-0.2, 0) is 4.79 Å². The third-order valence-electron chi connectivity index (χ3n) is 4.60. The van der Waals surface area contributed by atoms with E-state index in [4.69, 9.17) is 11.6 Å². The van der Waals surface area contributed by atoms with Crippen molar-refractivity contribution in [2.45, 2.75) is 33.1 Å². The molecule has 0 unspecified atom stereocenters. The zero-order valence-electron chi connectivity index (χ0n) is 14.9. The number of allylic oxidation sites excluding steroid dienone is 2. The van der Waals surface area contributed by atoms with E-state index < -0.39 is 0 Å². The van der Waals surface area contributed by atoms with Crippen LogP contribution in [-0.4, -0.2) is 11.7 Å². The molecule has 0 saturated heterocycles. The summed E-state index contributed by atoms with van der Waals surface area (Å²) in [7, 11) is 0. The van der Waals surface area contributed by atoms with Gasteiger partial charge < -0.3 is 10.6 Å².